The predicted molar refractivity (Wildman–Crippen MR) is 92.5 cm³/mol. The zero-order chi connectivity index (χ0) is 16.5. The Bertz CT molecular complexity index is 537. The second-order valence-corrected chi connectivity index (χ2v) is 8.24. The Morgan fingerprint density at radius 1 is 1.14 bits per heavy atom. The molecule has 0 aliphatic heterocycles. The van der Waals surface area contributed by atoms with Gasteiger partial charge < -0.3 is 14.2 Å². The minimum atomic E-state index is -0.271. The quantitative estimate of drug-likeness (QED) is 0.671. The molecule has 1 aliphatic carbocycles. The van der Waals surface area contributed by atoms with Gasteiger partial charge in [0.2, 0.25) is 0 Å². The summed E-state index contributed by atoms with van der Waals surface area (Å²) >= 11 is 3.62. The Morgan fingerprint density at radius 3 is 2.41 bits per heavy atom. The van der Waals surface area contributed by atoms with Gasteiger partial charge in [-0.1, -0.05) is 43.6 Å². The molecule has 0 amide bonds. The Hall–Kier alpha value is -0.580. The zero-order valence-corrected chi connectivity index (χ0v) is 16.0. The van der Waals surface area contributed by atoms with E-state index in [1.54, 1.807) is 7.11 Å². The summed E-state index contributed by atoms with van der Waals surface area (Å²) in [6, 6.07) is 4.28. The average molecular weight is 371 g/mol. The van der Waals surface area contributed by atoms with Crippen LogP contribution in [0.5, 0.6) is 5.75 Å². The van der Waals surface area contributed by atoms with Crippen LogP contribution in [0.2, 0.25) is 0 Å². The van der Waals surface area contributed by atoms with E-state index in [4.69, 9.17) is 14.2 Å². The van der Waals surface area contributed by atoms with Crippen molar-refractivity contribution >= 4 is 15.9 Å². The monoisotopic (exact) mass is 370 g/mol. The van der Waals surface area contributed by atoms with E-state index in [2.05, 4.69) is 49.7 Å². The maximum absolute atomic E-state index is 5.95. The second-order valence-electron chi connectivity index (χ2n) is 7.33. The fourth-order valence-electron chi connectivity index (χ4n) is 3.07. The SMILES string of the molecule is COC(C)OCOc1cc(Br)cc2c1C(C)(C)CCC2(C)C. The largest absolute Gasteiger partial charge is 0.467 e. The second kappa shape index (κ2) is 6.50. The van der Waals surface area contributed by atoms with Crippen LogP contribution in [0.3, 0.4) is 0 Å². The molecule has 4 heteroatoms. The topological polar surface area (TPSA) is 27.7 Å². The molecule has 1 aromatic rings. The van der Waals surface area contributed by atoms with Crippen molar-refractivity contribution in [1.29, 1.82) is 0 Å². The minimum Gasteiger partial charge on any atom is -0.467 e. The van der Waals surface area contributed by atoms with Gasteiger partial charge >= 0.3 is 0 Å². The van der Waals surface area contributed by atoms with Gasteiger partial charge in [0.15, 0.2) is 13.1 Å². The first-order valence-electron chi connectivity index (χ1n) is 7.79. The highest BCUT2D eigenvalue weighted by molar-refractivity contribution is 9.10. The summed E-state index contributed by atoms with van der Waals surface area (Å²) in [6.07, 6.45) is 2.06. The van der Waals surface area contributed by atoms with Crippen molar-refractivity contribution < 1.29 is 14.2 Å². The van der Waals surface area contributed by atoms with Crippen molar-refractivity contribution in [3.05, 3.63) is 27.7 Å². The van der Waals surface area contributed by atoms with E-state index in [9.17, 15) is 0 Å². The van der Waals surface area contributed by atoms with Crippen LogP contribution in [0.25, 0.3) is 0 Å². The number of fused-ring (bicyclic) bond motifs is 1. The number of methoxy groups -OCH3 is 1. The zero-order valence-electron chi connectivity index (χ0n) is 14.5. The maximum atomic E-state index is 5.95. The van der Waals surface area contributed by atoms with E-state index in [-0.39, 0.29) is 23.9 Å². The molecular weight excluding hydrogens is 344 g/mol. The number of ether oxygens (including phenoxy) is 3. The lowest BCUT2D eigenvalue weighted by Crippen LogP contribution is -2.34. The van der Waals surface area contributed by atoms with Crippen molar-refractivity contribution in [3.63, 3.8) is 0 Å². The summed E-state index contributed by atoms with van der Waals surface area (Å²) < 4.78 is 17.6. The standard InChI is InChI=1S/C18H27BrO3/c1-12(20-6)21-11-22-15-10-13(19)9-14-16(15)18(4,5)8-7-17(14,2)3/h9-10,12H,7-8,11H2,1-6H3. The molecule has 0 spiro atoms. The maximum Gasteiger partial charge on any atom is 0.191 e. The van der Waals surface area contributed by atoms with Crippen molar-refractivity contribution in [1.82, 2.24) is 0 Å². The third kappa shape index (κ3) is 3.66. The van der Waals surface area contributed by atoms with Crippen LogP contribution in [0, 0.1) is 0 Å². The van der Waals surface area contributed by atoms with Crippen LogP contribution in [0.4, 0.5) is 0 Å². The summed E-state index contributed by atoms with van der Waals surface area (Å²) in [7, 11) is 1.62. The third-order valence-electron chi connectivity index (χ3n) is 4.70. The molecule has 0 saturated carbocycles. The van der Waals surface area contributed by atoms with E-state index in [1.165, 1.54) is 17.5 Å². The summed E-state index contributed by atoms with van der Waals surface area (Å²) in [6.45, 7) is 11.2. The molecule has 2 rings (SSSR count). The first kappa shape index (κ1) is 17.8. The van der Waals surface area contributed by atoms with Crippen LogP contribution >= 0.6 is 15.9 Å². The van der Waals surface area contributed by atoms with Crippen molar-refractivity contribution in [2.75, 3.05) is 13.9 Å². The molecule has 1 aliphatic rings. The highest BCUT2D eigenvalue weighted by Gasteiger charge is 2.39. The Balaban J connectivity index is 2.36. The molecule has 0 heterocycles. The van der Waals surface area contributed by atoms with Crippen molar-refractivity contribution in [2.24, 2.45) is 0 Å². The predicted octanol–water partition coefficient (Wildman–Crippen LogP) is 5.14. The molecule has 124 valence electrons. The number of benzene rings is 1. The summed E-state index contributed by atoms with van der Waals surface area (Å²) in [4.78, 5) is 0. The molecule has 0 radical (unpaired) electrons. The number of hydrogen-bond donors (Lipinski definition) is 0. The lowest BCUT2D eigenvalue weighted by atomic mass is 9.63. The summed E-state index contributed by atoms with van der Waals surface area (Å²) in [5, 5.41) is 0. The molecule has 0 fully saturated rings. The van der Waals surface area contributed by atoms with Gasteiger partial charge in [-0.15, -0.1) is 0 Å². The average Bonchev–Trinajstić information content (AvgIpc) is 2.43. The number of halogens is 1. The van der Waals surface area contributed by atoms with Gasteiger partial charge in [-0.2, -0.15) is 0 Å². The molecule has 3 nitrogen and oxygen atoms in total. The highest BCUT2D eigenvalue weighted by atomic mass is 79.9. The number of hydrogen-bond acceptors (Lipinski definition) is 3. The highest BCUT2D eigenvalue weighted by Crippen LogP contribution is 2.50. The van der Waals surface area contributed by atoms with Crippen LogP contribution < -0.4 is 4.74 Å². The Kier molecular flexibility index (Phi) is 5.25. The van der Waals surface area contributed by atoms with E-state index >= 15 is 0 Å². The van der Waals surface area contributed by atoms with Gasteiger partial charge in [0, 0.05) is 17.1 Å². The number of rotatable bonds is 5. The third-order valence-corrected chi connectivity index (χ3v) is 5.15. The lowest BCUT2D eigenvalue weighted by Gasteiger charge is -2.42. The Labute approximate surface area is 142 Å². The van der Waals surface area contributed by atoms with Gasteiger partial charge in [-0.3, -0.25) is 0 Å². The van der Waals surface area contributed by atoms with Gasteiger partial charge in [0.1, 0.15) is 5.75 Å². The fourth-order valence-corrected chi connectivity index (χ4v) is 3.51. The fraction of sp³-hybridized carbons (Fsp3) is 0.667. The van der Waals surface area contributed by atoms with Gasteiger partial charge in [0.05, 0.1) is 0 Å². The molecule has 0 saturated heterocycles. The molecular formula is C18H27BrO3. The molecule has 22 heavy (non-hydrogen) atoms. The summed E-state index contributed by atoms with van der Waals surface area (Å²) in [5.74, 6) is 0.908. The van der Waals surface area contributed by atoms with Gasteiger partial charge in [-0.25, -0.2) is 0 Å². The molecule has 1 unspecified atom stereocenters. The molecule has 0 N–H and O–H groups in total. The van der Waals surface area contributed by atoms with Gasteiger partial charge in [-0.05, 0) is 48.3 Å². The van der Waals surface area contributed by atoms with Crippen LogP contribution in [0.15, 0.2) is 16.6 Å². The van der Waals surface area contributed by atoms with Crippen molar-refractivity contribution in [3.8, 4) is 5.75 Å². The van der Waals surface area contributed by atoms with Crippen LogP contribution in [-0.2, 0) is 20.3 Å². The van der Waals surface area contributed by atoms with Gasteiger partial charge in [0.25, 0.3) is 0 Å². The first-order chi connectivity index (χ1) is 10.2. The van der Waals surface area contributed by atoms with E-state index in [0.717, 1.165) is 16.6 Å². The summed E-state index contributed by atoms with van der Waals surface area (Å²) in [5.41, 5.74) is 2.94. The van der Waals surface area contributed by atoms with Crippen LogP contribution in [0.1, 0.15) is 58.6 Å². The minimum absolute atomic E-state index is 0.105. The van der Waals surface area contributed by atoms with Crippen molar-refractivity contribution in [2.45, 2.75) is 64.6 Å². The smallest absolute Gasteiger partial charge is 0.191 e. The van der Waals surface area contributed by atoms with E-state index < -0.39 is 0 Å². The Morgan fingerprint density at radius 2 is 1.77 bits per heavy atom. The molecule has 0 aromatic heterocycles. The normalized spacial score (nSPS) is 20.3. The molecule has 0 bridgehead atoms. The molecule has 1 aromatic carbocycles. The molecule has 1 atom stereocenters. The lowest BCUT2D eigenvalue weighted by molar-refractivity contribution is -0.149. The first-order valence-corrected chi connectivity index (χ1v) is 8.58. The van der Waals surface area contributed by atoms with E-state index in [1.807, 2.05) is 13.0 Å². The van der Waals surface area contributed by atoms with E-state index in [0.29, 0.717) is 0 Å². The van der Waals surface area contributed by atoms with Crippen LogP contribution in [-0.4, -0.2) is 20.2 Å².